The lowest BCUT2D eigenvalue weighted by atomic mass is 10.2. The number of hydrogen-bond acceptors (Lipinski definition) is 7. The molecule has 10 heteroatoms. The van der Waals surface area contributed by atoms with Gasteiger partial charge in [-0.15, -0.1) is 0 Å². The third kappa shape index (κ3) is 4.22. The summed E-state index contributed by atoms with van der Waals surface area (Å²) in [5.41, 5.74) is 4.38. The minimum atomic E-state index is -0.442. The Morgan fingerprint density at radius 2 is 1.76 bits per heavy atom. The van der Waals surface area contributed by atoms with Gasteiger partial charge < -0.3 is 14.0 Å². The molecule has 10 nitrogen and oxygen atoms in total. The number of ether oxygens (including phenoxy) is 2. The molecular formula is C23H24N6O4. The van der Waals surface area contributed by atoms with Crippen LogP contribution in [0.4, 0.5) is 5.95 Å². The number of imidazole rings is 1. The van der Waals surface area contributed by atoms with E-state index in [0.717, 1.165) is 15.7 Å². The first-order valence-corrected chi connectivity index (χ1v) is 10.2. The van der Waals surface area contributed by atoms with Crippen LogP contribution in [0.15, 0.2) is 63.2 Å². The van der Waals surface area contributed by atoms with Crippen molar-refractivity contribution in [3.8, 4) is 11.5 Å². The summed E-state index contributed by atoms with van der Waals surface area (Å²) >= 11 is 0. The maximum absolute atomic E-state index is 12.5. The summed E-state index contributed by atoms with van der Waals surface area (Å²) in [6.07, 6.45) is 1.60. The lowest BCUT2D eigenvalue weighted by Crippen LogP contribution is -2.37. The summed E-state index contributed by atoms with van der Waals surface area (Å²) < 4.78 is 15.3. The smallest absolute Gasteiger partial charge is 0.332 e. The van der Waals surface area contributed by atoms with Crippen molar-refractivity contribution in [3.63, 3.8) is 0 Å². The molecule has 0 fully saturated rings. The van der Waals surface area contributed by atoms with Crippen LogP contribution in [0.2, 0.25) is 0 Å². The van der Waals surface area contributed by atoms with Crippen LogP contribution >= 0.6 is 0 Å². The Morgan fingerprint density at radius 3 is 2.48 bits per heavy atom. The summed E-state index contributed by atoms with van der Waals surface area (Å²) in [6.45, 7) is 0.431. The fourth-order valence-corrected chi connectivity index (χ4v) is 3.40. The summed E-state index contributed by atoms with van der Waals surface area (Å²) in [7, 11) is 6.26. The Balaban J connectivity index is 1.53. The number of aromatic nitrogens is 4. The highest BCUT2D eigenvalue weighted by molar-refractivity contribution is 5.81. The van der Waals surface area contributed by atoms with E-state index in [1.807, 2.05) is 42.5 Å². The maximum Gasteiger partial charge on any atom is 0.332 e. The van der Waals surface area contributed by atoms with Crippen LogP contribution in [0, 0.1) is 0 Å². The van der Waals surface area contributed by atoms with Crippen molar-refractivity contribution in [1.82, 2.24) is 18.7 Å². The molecule has 2 aromatic carbocycles. The van der Waals surface area contributed by atoms with E-state index in [2.05, 4.69) is 15.5 Å². The summed E-state index contributed by atoms with van der Waals surface area (Å²) in [5.74, 6) is 1.53. The van der Waals surface area contributed by atoms with Crippen LogP contribution in [-0.2, 0) is 27.7 Å². The van der Waals surface area contributed by atoms with E-state index in [4.69, 9.17) is 9.47 Å². The highest BCUT2D eigenvalue weighted by Gasteiger charge is 2.16. The molecule has 0 amide bonds. The molecule has 0 aliphatic rings. The van der Waals surface area contributed by atoms with Gasteiger partial charge in [0.05, 0.1) is 13.3 Å². The lowest BCUT2D eigenvalue weighted by Gasteiger charge is -2.11. The molecule has 2 heterocycles. The number of hydrazone groups is 1. The van der Waals surface area contributed by atoms with E-state index in [9.17, 15) is 9.59 Å². The monoisotopic (exact) mass is 448 g/mol. The van der Waals surface area contributed by atoms with Crippen molar-refractivity contribution in [1.29, 1.82) is 0 Å². The van der Waals surface area contributed by atoms with Gasteiger partial charge in [0.15, 0.2) is 22.7 Å². The van der Waals surface area contributed by atoms with Crippen molar-refractivity contribution < 1.29 is 9.47 Å². The van der Waals surface area contributed by atoms with Crippen LogP contribution in [0.5, 0.6) is 11.5 Å². The zero-order valence-corrected chi connectivity index (χ0v) is 18.8. The molecule has 0 unspecified atom stereocenters. The second kappa shape index (κ2) is 9.03. The number of benzene rings is 2. The van der Waals surface area contributed by atoms with Gasteiger partial charge in [0.2, 0.25) is 5.95 Å². The molecule has 4 aromatic rings. The number of hydrogen-bond donors (Lipinski definition) is 1. The van der Waals surface area contributed by atoms with Gasteiger partial charge in [-0.25, -0.2) is 10.2 Å². The highest BCUT2D eigenvalue weighted by atomic mass is 16.5. The molecule has 0 saturated heterocycles. The van der Waals surface area contributed by atoms with Crippen LogP contribution in [0.3, 0.4) is 0 Å². The van der Waals surface area contributed by atoms with Gasteiger partial charge in [-0.1, -0.05) is 30.3 Å². The SMILES string of the molecule is COc1cc(/C=N/Nc2nc3c(c(=O)n(C)c(=O)n3C)n2C)ccc1OCc1ccccc1. The second-order valence-corrected chi connectivity index (χ2v) is 7.43. The Kier molecular flexibility index (Phi) is 5.99. The molecule has 0 bridgehead atoms. The minimum absolute atomic E-state index is 0.282. The quantitative estimate of drug-likeness (QED) is 0.343. The topological polar surface area (TPSA) is 105 Å². The Morgan fingerprint density at radius 1 is 1.00 bits per heavy atom. The van der Waals surface area contributed by atoms with E-state index in [-0.39, 0.29) is 5.65 Å². The molecule has 0 saturated carbocycles. The van der Waals surface area contributed by atoms with Crippen LogP contribution in [0.1, 0.15) is 11.1 Å². The minimum Gasteiger partial charge on any atom is -0.493 e. The first-order valence-electron chi connectivity index (χ1n) is 10.2. The number of aryl methyl sites for hydroxylation is 2. The van der Waals surface area contributed by atoms with E-state index >= 15 is 0 Å². The highest BCUT2D eigenvalue weighted by Crippen LogP contribution is 2.28. The molecule has 0 atom stereocenters. The second-order valence-electron chi connectivity index (χ2n) is 7.43. The van der Waals surface area contributed by atoms with Crippen molar-refractivity contribution in [2.24, 2.45) is 26.2 Å². The number of anilines is 1. The van der Waals surface area contributed by atoms with Crippen molar-refractivity contribution in [3.05, 3.63) is 80.5 Å². The van der Waals surface area contributed by atoms with E-state index in [0.29, 0.717) is 29.6 Å². The third-order valence-corrected chi connectivity index (χ3v) is 5.28. The molecule has 4 rings (SSSR count). The van der Waals surface area contributed by atoms with Gasteiger partial charge in [-0.2, -0.15) is 10.1 Å². The molecule has 33 heavy (non-hydrogen) atoms. The van der Waals surface area contributed by atoms with Crippen molar-refractivity contribution in [2.45, 2.75) is 6.61 Å². The average Bonchev–Trinajstić information content (AvgIpc) is 3.17. The van der Waals surface area contributed by atoms with E-state index < -0.39 is 11.2 Å². The van der Waals surface area contributed by atoms with Gasteiger partial charge in [-0.05, 0) is 29.3 Å². The zero-order chi connectivity index (χ0) is 23.5. The Hall–Kier alpha value is -4.34. The van der Waals surface area contributed by atoms with Crippen LogP contribution in [0.25, 0.3) is 11.2 Å². The standard InChI is InChI=1S/C23H24N6O4/c1-27-19-20(28(2)23(31)29(3)21(19)30)25-22(27)26-24-13-16-10-11-17(18(12-16)32-4)33-14-15-8-6-5-7-9-15/h5-13H,14H2,1-4H3,(H,25,26)/b24-13+. The van der Waals surface area contributed by atoms with Crippen LogP contribution in [-0.4, -0.2) is 32.0 Å². The Bertz CT molecular complexity index is 1450. The summed E-state index contributed by atoms with van der Waals surface area (Å²) in [6, 6.07) is 15.3. The number of nitrogens with one attached hydrogen (secondary N) is 1. The first-order chi connectivity index (χ1) is 15.9. The zero-order valence-electron chi connectivity index (χ0n) is 18.8. The fourth-order valence-electron chi connectivity index (χ4n) is 3.40. The number of rotatable bonds is 7. The normalized spacial score (nSPS) is 11.3. The van der Waals surface area contributed by atoms with Crippen molar-refractivity contribution in [2.75, 3.05) is 12.5 Å². The first kappa shape index (κ1) is 21.9. The van der Waals surface area contributed by atoms with Gasteiger partial charge in [-0.3, -0.25) is 13.9 Å². The fraction of sp³-hybridized carbons (Fsp3) is 0.217. The molecular weight excluding hydrogens is 424 g/mol. The molecule has 2 aromatic heterocycles. The molecule has 0 aliphatic carbocycles. The molecule has 1 N–H and O–H groups in total. The van der Waals surface area contributed by atoms with Crippen molar-refractivity contribution >= 4 is 23.3 Å². The third-order valence-electron chi connectivity index (χ3n) is 5.28. The maximum atomic E-state index is 12.5. The lowest BCUT2D eigenvalue weighted by molar-refractivity contribution is 0.284. The summed E-state index contributed by atoms with van der Waals surface area (Å²) in [4.78, 5) is 29.0. The predicted molar refractivity (Wildman–Crippen MR) is 126 cm³/mol. The average molecular weight is 448 g/mol. The molecule has 0 radical (unpaired) electrons. The molecule has 0 spiro atoms. The van der Waals surface area contributed by atoms with E-state index in [1.165, 1.54) is 11.6 Å². The van der Waals surface area contributed by atoms with Crippen LogP contribution < -0.4 is 26.1 Å². The van der Waals surface area contributed by atoms with Gasteiger partial charge >= 0.3 is 5.69 Å². The molecule has 0 aliphatic heterocycles. The number of fused-ring (bicyclic) bond motifs is 1. The predicted octanol–water partition coefficient (Wildman–Crippen LogP) is 2.00. The molecule has 170 valence electrons. The Labute approximate surface area is 189 Å². The van der Waals surface area contributed by atoms with Gasteiger partial charge in [0.25, 0.3) is 5.56 Å². The number of nitrogens with zero attached hydrogens (tertiary/aromatic N) is 5. The largest absolute Gasteiger partial charge is 0.493 e. The van der Waals surface area contributed by atoms with Gasteiger partial charge in [0.1, 0.15) is 6.61 Å². The summed E-state index contributed by atoms with van der Waals surface area (Å²) in [5, 5.41) is 4.22. The van der Waals surface area contributed by atoms with E-state index in [1.54, 1.807) is 38.1 Å². The van der Waals surface area contributed by atoms with Gasteiger partial charge in [0, 0.05) is 21.1 Å². The number of methoxy groups -OCH3 is 1.